The van der Waals surface area contributed by atoms with Crippen LogP contribution >= 0.6 is 11.8 Å². The molecule has 2 aromatic carbocycles. The number of aromatic nitrogens is 3. The van der Waals surface area contributed by atoms with Gasteiger partial charge in [0.1, 0.15) is 0 Å². The maximum Gasteiger partial charge on any atom is 0.196 e. The maximum atomic E-state index is 12.6. The number of para-hydroxylation sites is 1. The molecule has 0 spiro atoms. The van der Waals surface area contributed by atoms with Crippen molar-refractivity contribution >= 4 is 17.5 Å². The van der Waals surface area contributed by atoms with E-state index >= 15 is 0 Å². The Hall–Kier alpha value is -2.44. The van der Waals surface area contributed by atoms with E-state index in [0.29, 0.717) is 5.75 Å². The van der Waals surface area contributed by atoms with Crippen molar-refractivity contribution in [1.29, 1.82) is 0 Å². The van der Waals surface area contributed by atoms with Gasteiger partial charge in [-0.25, -0.2) is 0 Å². The largest absolute Gasteiger partial charge is 0.296 e. The summed E-state index contributed by atoms with van der Waals surface area (Å²) in [4.78, 5) is 15.0. The van der Waals surface area contributed by atoms with Gasteiger partial charge in [-0.2, -0.15) is 0 Å². The van der Waals surface area contributed by atoms with Crippen LogP contribution in [0.15, 0.2) is 59.8 Å². The van der Waals surface area contributed by atoms with Crippen molar-refractivity contribution in [2.75, 3.05) is 18.8 Å². The Bertz CT molecular complexity index is 931. The number of carbonyl (C=O) groups is 1. The summed E-state index contributed by atoms with van der Waals surface area (Å²) in [5.74, 6) is 1.38. The van der Waals surface area contributed by atoms with E-state index < -0.39 is 0 Å². The van der Waals surface area contributed by atoms with Crippen LogP contribution in [0.25, 0.3) is 5.69 Å². The zero-order chi connectivity index (χ0) is 19.3. The van der Waals surface area contributed by atoms with Crippen molar-refractivity contribution in [3.63, 3.8) is 0 Å². The maximum absolute atomic E-state index is 12.6. The second-order valence-corrected chi connectivity index (χ2v) is 8.07. The van der Waals surface area contributed by atoms with Crippen LogP contribution in [-0.4, -0.2) is 44.3 Å². The van der Waals surface area contributed by atoms with Gasteiger partial charge in [0.25, 0.3) is 0 Å². The number of ketones is 1. The molecule has 0 bridgehead atoms. The van der Waals surface area contributed by atoms with Crippen LogP contribution in [0.3, 0.4) is 0 Å². The summed E-state index contributed by atoms with van der Waals surface area (Å²) in [7, 11) is 0. The first-order valence-corrected chi connectivity index (χ1v) is 10.6. The molecule has 0 atom stereocenters. The van der Waals surface area contributed by atoms with E-state index in [4.69, 9.17) is 0 Å². The molecule has 2 heterocycles. The van der Waals surface area contributed by atoms with E-state index in [2.05, 4.69) is 31.8 Å². The molecule has 1 fully saturated rings. The molecule has 1 aliphatic heterocycles. The fourth-order valence-corrected chi connectivity index (χ4v) is 4.29. The van der Waals surface area contributed by atoms with Crippen LogP contribution in [0.5, 0.6) is 0 Å². The van der Waals surface area contributed by atoms with Crippen molar-refractivity contribution in [2.45, 2.75) is 31.5 Å². The molecule has 0 N–H and O–H groups in total. The Kier molecular flexibility index (Phi) is 5.88. The number of hydrogen-bond acceptors (Lipinski definition) is 5. The second kappa shape index (κ2) is 8.71. The number of benzene rings is 2. The van der Waals surface area contributed by atoms with Gasteiger partial charge in [0.15, 0.2) is 16.8 Å². The highest BCUT2D eigenvalue weighted by Gasteiger charge is 2.20. The average molecular weight is 393 g/mol. The lowest BCUT2D eigenvalue weighted by Crippen LogP contribution is -2.21. The van der Waals surface area contributed by atoms with Gasteiger partial charge in [-0.05, 0) is 45.0 Å². The third-order valence-electron chi connectivity index (χ3n) is 4.98. The van der Waals surface area contributed by atoms with E-state index in [1.54, 1.807) is 0 Å². The van der Waals surface area contributed by atoms with Gasteiger partial charge in [0.05, 0.1) is 12.3 Å². The minimum Gasteiger partial charge on any atom is -0.296 e. The van der Waals surface area contributed by atoms with E-state index in [0.717, 1.165) is 47.4 Å². The predicted octanol–water partition coefficient (Wildman–Crippen LogP) is 4.15. The fraction of sp³-hybridized carbons (Fsp3) is 0.318. The lowest BCUT2D eigenvalue weighted by atomic mass is 10.1. The molecule has 28 heavy (non-hydrogen) atoms. The summed E-state index contributed by atoms with van der Waals surface area (Å²) in [6.07, 6.45) is 2.48. The molecule has 0 saturated carbocycles. The van der Waals surface area contributed by atoms with E-state index in [1.165, 1.54) is 24.6 Å². The highest BCUT2D eigenvalue weighted by molar-refractivity contribution is 7.99. The van der Waals surface area contributed by atoms with Crippen molar-refractivity contribution in [3.8, 4) is 5.69 Å². The average Bonchev–Trinajstić information content (AvgIpc) is 3.37. The van der Waals surface area contributed by atoms with Gasteiger partial charge in [-0.15, -0.1) is 10.2 Å². The monoisotopic (exact) mass is 392 g/mol. The standard InChI is InChI=1S/C22H24N4OS/c1-17-9-11-18(12-10-17)20(27)16-28-22-24-23-21(15-25-13-5-6-14-25)26(22)19-7-3-2-4-8-19/h2-4,7-12H,5-6,13-16H2,1H3. The first-order valence-electron chi connectivity index (χ1n) is 9.65. The zero-order valence-electron chi connectivity index (χ0n) is 16.0. The molecule has 1 aromatic heterocycles. The quantitative estimate of drug-likeness (QED) is 0.447. The molecule has 1 saturated heterocycles. The first kappa shape index (κ1) is 18.9. The molecule has 3 aromatic rings. The van der Waals surface area contributed by atoms with Gasteiger partial charge in [0.2, 0.25) is 0 Å². The minimum atomic E-state index is 0.105. The Balaban J connectivity index is 1.55. The molecule has 5 nitrogen and oxygen atoms in total. The van der Waals surface area contributed by atoms with Gasteiger partial charge >= 0.3 is 0 Å². The molecule has 4 rings (SSSR count). The number of likely N-dealkylation sites (tertiary alicyclic amines) is 1. The second-order valence-electron chi connectivity index (χ2n) is 7.13. The molecular weight excluding hydrogens is 368 g/mol. The molecule has 0 unspecified atom stereocenters. The number of hydrogen-bond donors (Lipinski definition) is 0. The summed E-state index contributed by atoms with van der Waals surface area (Å²) in [5.41, 5.74) is 2.92. The smallest absolute Gasteiger partial charge is 0.196 e. The van der Waals surface area contributed by atoms with Gasteiger partial charge in [-0.1, -0.05) is 59.8 Å². The number of rotatable bonds is 7. The lowest BCUT2D eigenvalue weighted by Gasteiger charge is -2.15. The van der Waals surface area contributed by atoms with Gasteiger partial charge in [-0.3, -0.25) is 14.3 Å². The molecular formula is C22H24N4OS. The summed E-state index contributed by atoms with van der Waals surface area (Å²) < 4.78 is 2.09. The summed E-state index contributed by atoms with van der Waals surface area (Å²) in [6, 6.07) is 17.9. The van der Waals surface area contributed by atoms with E-state index in [-0.39, 0.29) is 5.78 Å². The van der Waals surface area contributed by atoms with Crippen LogP contribution in [0, 0.1) is 6.92 Å². The predicted molar refractivity (Wildman–Crippen MR) is 112 cm³/mol. The molecule has 1 aliphatic rings. The third kappa shape index (κ3) is 4.34. The Labute approximate surface area is 169 Å². The highest BCUT2D eigenvalue weighted by atomic mass is 32.2. The zero-order valence-corrected chi connectivity index (χ0v) is 16.9. The Morgan fingerprint density at radius 2 is 1.71 bits per heavy atom. The van der Waals surface area contributed by atoms with E-state index in [9.17, 15) is 4.79 Å². The van der Waals surface area contributed by atoms with Crippen LogP contribution in [-0.2, 0) is 6.54 Å². The molecule has 0 aliphatic carbocycles. The Morgan fingerprint density at radius 1 is 1.00 bits per heavy atom. The SMILES string of the molecule is Cc1ccc(C(=O)CSc2nnc(CN3CCCC3)n2-c2ccccc2)cc1. The normalized spacial score (nSPS) is 14.5. The molecule has 0 radical (unpaired) electrons. The highest BCUT2D eigenvalue weighted by Crippen LogP contribution is 2.24. The molecule has 144 valence electrons. The van der Waals surface area contributed by atoms with E-state index in [1.807, 2.05) is 49.4 Å². The lowest BCUT2D eigenvalue weighted by molar-refractivity contribution is 0.102. The van der Waals surface area contributed by atoms with Crippen LogP contribution < -0.4 is 0 Å². The van der Waals surface area contributed by atoms with Crippen LogP contribution in [0.1, 0.15) is 34.6 Å². The molecule has 6 heteroatoms. The fourth-order valence-electron chi connectivity index (χ4n) is 3.43. The van der Waals surface area contributed by atoms with Crippen molar-refractivity contribution in [2.24, 2.45) is 0 Å². The van der Waals surface area contributed by atoms with Gasteiger partial charge in [0, 0.05) is 11.3 Å². The number of carbonyl (C=O) groups excluding carboxylic acids is 1. The number of nitrogens with zero attached hydrogens (tertiary/aromatic N) is 4. The van der Waals surface area contributed by atoms with Gasteiger partial charge < -0.3 is 0 Å². The minimum absolute atomic E-state index is 0.105. The summed E-state index contributed by atoms with van der Waals surface area (Å²) >= 11 is 1.45. The summed E-state index contributed by atoms with van der Waals surface area (Å²) in [6.45, 7) is 5.02. The number of thioether (sulfide) groups is 1. The first-order chi connectivity index (χ1) is 13.7. The van der Waals surface area contributed by atoms with Crippen molar-refractivity contribution in [3.05, 3.63) is 71.5 Å². The third-order valence-corrected chi connectivity index (χ3v) is 5.91. The van der Waals surface area contributed by atoms with Crippen molar-refractivity contribution in [1.82, 2.24) is 19.7 Å². The topological polar surface area (TPSA) is 51.0 Å². The Morgan fingerprint density at radius 3 is 2.43 bits per heavy atom. The van der Waals surface area contributed by atoms with Crippen molar-refractivity contribution < 1.29 is 4.79 Å². The number of aryl methyl sites for hydroxylation is 1. The summed E-state index contributed by atoms with van der Waals surface area (Å²) in [5, 5.41) is 9.63. The molecule has 0 amide bonds. The van der Waals surface area contributed by atoms with Crippen LogP contribution in [0.4, 0.5) is 0 Å². The number of Topliss-reactive ketones (excluding diaryl/α,β-unsaturated/α-hetero) is 1. The van der Waals surface area contributed by atoms with Crippen LogP contribution in [0.2, 0.25) is 0 Å².